The minimum absolute atomic E-state index is 0.00876. The Balaban J connectivity index is 2.05. The molecule has 0 bridgehead atoms. The summed E-state index contributed by atoms with van der Waals surface area (Å²) in [6, 6.07) is 6.19. The SMILES string of the molecule is Cc1ccc(CC(=O)N2CCOCC2CCl)cc1C. The fourth-order valence-corrected chi connectivity index (χ4v) is 2.56. The number of benzene rings is 1. The third-order valence-electron chi connectivity index (χ3n) is 3.65. The molecule has 1 unspecified atom stereocenters. The fraction of sp³-hybridized carbons (Fsp3) is 0.533. The standard InChI is InChI=1S/C15H20ClNO2/c1-11-3-4-13(7-12(11)2)8-15(18)17-5-6-19-10-14(17)9-16/h3-4,7,14H,5-6,8-10H2,1-2H3. The molecule has 1 atom stereocenters. The zero-order chi connectivity index (χ0) is 13.8. The molecule has 1 amide bonds. The van der Waals surface area contributed by atoms with Crippen molar-refractivity contribution in [2.24, 2.45) is 0 Å². The molecule has 1 aliphatic rings. The van der Waals surface area contributed by atoms with Crippen LogP contribution in [0.1, 0.15) is 16.7 Å². The zero-order valence-electron chi connectivity index (χ0n) is 11.5. The van der Waals surface area contributed by atoms with Crippen LogP contribution in [-0.2, 0) is 16.0 Å². The van der Waals surface area contributed by atoms with E-state index in [2.05, 4.69) is 26.0 Å². The Kier molecular flexibility index (Phi) is 4.83. The van der Waals surface area contributed by atoms with Crippen molar-refractivity contribution < 1.29 is 9.53 Å². The van der Waals surface area contributed by atoms with E-state index in [1.807, 2.05) is 11.0 Å². The predicted molar refractivity (Wildman–Crippen MR) is 76.7 cm³/mol. The van der Waals surface area contributed by atoms with E-state index in [-0.39, 0.29) is 11.9 Å². The predicted octanol–water partition coefficient (Wildman–Crippen LogP) is 2.31. The smallest absolute Gasteiger partial charge is 0.227 e. The van der Waals surface area contributed by atoms with Gasteiger partial charge in [0.25, 0.3) is 0 Å². The van der Waals surface area contributed by atoms with Crippen LogP contribution in [0.2, 0.25) is 0 Å². The van der Waals surface area contributed by atoms with E-state index in [1.54, 1.807) is 0 Å². The molecule has 2 rings (SSSR count). The molecule has 104 valence electrons. The van der Waals surface area contributed by atoms with Crippen molar-refractivity contribution in [1.29, 1.82) is 0 Å². The van der Waals surface area contributed by atoms with Gasteiger partial charge in [-0.25, -0.2) is 0 Å². The quantitative estimate of drug-likeness (QED) is 0.796. The Morgan fingerprint density at radius 1 is 1.42 bits per heavy atom. The number of morpholine rings is 1. The van der Waals surface area contributed by atoms with Gasteiger partial charge in [-0.3, -0.25) is 4.79 Å². The minimum atomic E-state index is 0.00876. The van der Waals surface area contributed by atoms with Gasteiger partial charge in [-0.1, -0.05) is 18.2 Å². The molecule has 0 aliphatic carbocycles. The van der Waals surface area contributed by atoms with Gasteiger partial charge >= 0.3 is 0 Å². The van der Waals surface area contributed by atoms with Gasteiger partial charge in [0, 0.05) is 12.4 Å². The zero-order valence-corrected chi connectivity index (χ0v) is 12.2. The molecule has 1 saturated heterocycles. The van der Waals surface area contributed by atoms with E-state index in [4.69, 9.17) is 16.3 Å². The molecule has 1 aromatic rings. The maximum absolute atomic E-state index is 12.3. The Morgan fingerprint density at radius 2 is 2.21 bits per heavy atom. The number of nitrogens with zero attached hydrogens (tertiary/aromatic N) is 1. The molecule has 0 saturated carbocycles. The summed E-state index contributed by atoms with van der Waals surface area (Å²) >= 11 is 5.89. The third-order valence-corrected chi connectivity index (χ3v) is 4.01. The molecule has 19 heavy (non-hydrogen) atoms. The number of rotatable bonds is 3. The third kappa shape index (κ3) is 3.48. The molecule has 1 aliphatic heterocycles. The van der Waals surface area contributed by atoms with Crippen LogP contribution in [0.15, 0.2) is 18.2 Å². The molecule has 0 radical (unpaired) electrons. The van der Waals surface area contributed by atoms with Crippen LogP contribution in [0.4, 0.5) is 0 Å². The van der Waals surface area contributed by atoms with E-state index in [1.165, 1.54) is 11.1 Å². The Hall–Kier alpha value is -1.06. The lowest BCUT2D eigenvalue weighted by atomic mass is 10.0. The Labute approximate surface area is 119 Å². The van der Waals surface area contributed by atoms with Gasteiger partial charge in [-0.05, 0) is 30.5 Å². The molecule has 0 aromatic heterocycles. The summed E-state index contributed by atoms with van der Waals surface area (Å²) in [5.74, 6) is 0.566. The van der Waals surface area contributed by atoms with Crippen molar-refractivity contribution in [2.75, 3.05) is 25.6 Å². The molecule has 1 heterocycles. The summed E-state index contributed by atoms with van der Waals surface area (Å²) in [6.07, 6.45) is 0.439. The lowest BCUT2D eigenvalue weighted by Crippen LogP contribution is -2.50. The highest BCUT2D eigenvalue weighted by molar-refractivity contribution is 6.18. The second-order valence-electron chi connectivity index (χ2n) is 5.07. The number of carbonyl (C=O) groups is 1. The number of hydrogen-bond acceptors (Lipinski definition) is 2. The van der Waals surface area contributed by atoms with Crippen LogP contribution in [-0.4, -0.2) is 42.5 Å². The summed E-state index contributed by atoms with van der Waals surface area (Å²) < 4.78 is 5.36. The molecular weight excluding hydrogens is 262 g/mol. The first-order valence-corrected chi connectivity index (χ1v) is 7.14. The number of aryl methyl sites for hydroxylation is 2. The first-order chi connectivity index (χ1) is 9.11. The average Bonchev–Trinajstić information content (AvgIpc) is 2.43. The van der Waals surface area contributed by atoms with Crippen LogP contribution in [0.3, 0.4) is 0 Å². The van der Waals surface area contributed by atoms with Gasteiger partial charge in [0.15, 0.2) is 0 Å². The maximum Gasteiger partial charge on any atom is 0.227 e. The summed E-state index contributed by atoms with van der Waals surface area (Å²) in [4.78, 5) is 14.2. The number of carbonyl (C=O) groups excluding carboxylic acids is 1. The van der Waals surface area contributed by atoms with Crippen LogP contribution >= 0.6 is 11.6 Å². The monoisotopic (exact) mass is 281 g/mol. The van der Waals surface area contributed by atoms with Crippen molar-refractivity contribution in [3.63, 3.8) is 0 Å². The Morgan fingerprint density at radius 3 is 2.89 bits per heavy atom. The van der Waals surface area contributed by atoms with Crippen LogP contribution in [0.5, 0.6) is 0 Å². The second-order valence-corrected chi connectivity index (χ2v) is 5.37. The topological polar surface area (TPSA) is 29.5 Å². The highest BCUT2D eigenvalue weighted by atomic mass is 35.5. The van der Waals surface area contributed by atoms with Gasteiger partial charge in [0.05, 0.1) is 25.7 Å². The summed E-state index contributed by atoms with van der Waals surface area (Å²) in [7, 11) is 0. The van der Waals surface area contributed by atoms with Crippen LogP contribution < -0.4 is 0 Å². The second kappa shape index (κ2) is 6.40. The maximum atomic E-state index is 12.3. The molecule has 0 N–H and O–H groups in total. The van der Waals surface area contributed by atoms with E-state index in [9.17, 15) is 4.79 Å². The summed E-state index contributed by atoms with van der Waals surface area (Å²) in [6.45, 7) is 5.93. The fourth-order valence-electron chi connectivity index (χ4n) is 2.30. The van der Waals surface area contributed by atoms with Gasteiger partial charge in [0.2, 0.25) is 5.91 Å². The number of alkyl halides is 1. The van der Waals surface area contributed by atoms with Gasteiger partial charge in [-0.15, -0.1) is 11.6 Å². The van der Waals surface area contributed by atoms with Crippen molar-refractivity contribution in [3.05, 3.63) is 34.9 Å². The Bertz CT molecular complexity index is 461. The van der Waals surface area contributed by atoms with E-state index < -0.39 is 0 Å². The number of halogens is 1. The molecule has 4 heteroatoms. The van der Waals surface area contributed by atoms with E-state index >= 15 is 0 Å². The van der Waals surface area contributed by atoms with Crippen molar-refractivity contribution in [1.82, 2.24) is 4.90 Å². The normalized spacial score (nSPS) is 19.5. The average molecular weight is 282 g/mol. The molecular formula is C15H20ClNO2. The molecule has 3 nitrogen and oxygen atoms in total. The number of ether oxygens (including phenoxy) is 1. The lowest BCUT2D eigenvalue weighted by molar-refractivity contribution is -0.138. The van der Waals surface area contributed by atoms with Crippen molar-refractivity contribution in [3.8, 4) is 0 Å². The summed E-state index contributed by atoms with van der Waals surface area (Å²) in [5.41, 5.74) is 3.54. The molecule has 1 aromatic carbocycles. The largest absolute Gasteiger partial charge is 0.377 e. The van der Waals surface area contributed by atoms with E-state index in [0.29, 0.717) is 32.1 Å². The first kappa shape index (κ1) is 14.4. The van der Waals surface area contributed by atoms with Crippen LogP contribution in [0, 0.1) is 13.8 Å². The van der Waals surface area contributed by atoms with Crippen molar-refractivity contribution in [2.45, 2.75) is 26.3 Å². The highest BCUT2D eigenvalue weighted by Gasteiger charge is 2.26. The van der Waals surface area contributed by atoms with E-state index in [0.717, 1.165) is 5.56 Å². The number of hydrogen-bond donors (Lipinski definition) is 0. The molecule has 1 fully saturated rings. The highest BCUT2D eigenvalue weighted by Crippen LogP contribution is 2.14. The summed E-state index contributed by atoms with van der Waals surface area (Å²) in [5, 5.41) is 0. The van der Waals surface area contributed by atoms with Gasteiger partial charge in [0.1, 0.15) is 0 Å². The van der Waals surface area contributed by atoms with Crippen molar-refractivity contribution >= 4 is 17.5 Å². The van der Waals surface area contributed by atoms with Crippen LogP contribution in [0.25, 0.3) is 0 Å². The molecule has 0 spiro atoms. The lowest BCUT2D eigenvalue weighted by Gasteiger charge is -2.34. The minimum Gasteiger partial charge on any atom is -0.377 e. The van der Waals surface area contributed by atoms with Gasteiger partial charge in [-0.2, -0.15) is 0 Å². The number of amides is 1. The van der Waals surface area contributed by atoms with Gasteiger partial charge < -0.3 is 9.64 Å². The first-order valence-electron chi connectivity index (χ1n) is 6.61.